The second-order valence-corrected chi connectivity index (χ2v) is 6.17. The number of aromatic nitrogens is 2. The standard InChI is InChI=1S/C20H19N3O3/c1-13(24)21-15-8-7-14-11-23-16(12-26-20(14)9-15)10-18(22-23)17-5-3-4-6-19(17)25-2/h3-10H,11-12H2,1-2H3,(H,21,24). The second kappa shape index (κ2) is 6.55. The SMILES string of the molecule is COc1ccccc1-c1cc2n(n1)Cc1ccc(NC(C)=O)cc1OC2. The Morgan fingerprint density at radius 2 is 2.08 bits per heavy atom. The summed E-state index contributed by atoms with van der Waals surface area (Å²) in [5.74, 6) is 1.45. The molecule has 1 aliphatic rings. The summed E-state index contributed by atoms with van der Waals surface area (Å²) < 4.78 is 13.4. The fourth-order valence-corrected chi connectivity index (χ4v) is 3.11. The molecule has 0 saturated heterocycles. The van der Waals surface area contributed by atoms with Crippen molar-refractivity contribution in [2.45, 2.75) is 20.1 Å². The quantitative estimate of drug-likeness (QED) is 0.786. The van der Waals surface area contributed by atoms with Crippen molar-refractivity contribution in [2.75, 3.05) is 12.4 Å². The van der Waals surface area contributed by atoms with E-state index in [-0.39, 0.29) is 5.91 Å². The second-order valence-electron chi connectivity index (χ2n) is 6.17. The number of ether oxygens (including phenoxy) is 2. The largest absolute Gasteiger partial charge is 0.496 e. The van der Waals surface area contributed by atoms with Crippen LogP contribution in [-0.2, 0) is 17.9 Å². The molecular formula is C20H19N3O3. The highest BCUT2D eigenvalue weighted by atomic mass is 16.5. The molecule has 0 unspecified atom stereocenters. The molecule has 0 bridgehead atoms. The minimum absolute atomic E-state index is 0.104. The van der Waals surface area contributed by atoms with Gasteiger partial charge in [0.2, 0.25) is 5.91 Å². The number of carbonyl (C=O) groups excluding carboxylic acids is 1. The Kier molecular flexibility index (Phi) is 4.08. The first-order valence-electron chi connectivity index (χ1n) is 8.37. The molecule has 1 aliphatic heterocycles. The number of rotatable bonds is 3. The van der Waals surface area contributed by atoms with E-state index in [0.717, 1.165) is 39.7 Å². The topological polar surface area (TPSA) is 65.4 Å². The summed E-state index contributed by atoms with van der Waals surface area (Å²) in [6.07, 6.45) is 0. The van der Waals surface area contributed by atoms with Crippen LogP contribution in [0.4, 0.5) is 5.69 Å². The summed E-state index contributed by atoms with van der Waals surface area (Å²) in [6, 6.07) is 15.5. The van der Waals surface area contributed by atoms with Crippen LogP contribution in [0.5, 0.6) is 11.5 Å². The molecule has 0 saturated carbocycles. The first-order valence-corrected chi connectivity index (χ1v) is 8.37. The molecule has 2 heterocycles. The lowest BCUT2D eigenvalue weighted by atomic mass is 10.1. The number of hydrogen-bond acceptors (Lipinski definition) is 4. The maximum absolute atomic E-state index is 11.2. The number of nitrogens with one attached hydrogen (secondary N) is 1. The van der Waals surface area contributed by atoms with Crippen molar-refractivity contribution >= 4 is 11.6 Å². The van der Waals surface area contributed by atoms with Crippen molar-refractivity contribution in [2.24, 2.45) is 0 Å². The van der Waals surface area contributed by atoms with Gasteiger partial charge in [-0.05, 0) is 24.3 Å². The number of methoxy groups -OCH3 is 1. The van der Waals surface area contributed by atoms with Gasteiger partial charge >= 0.3 is 0 Å². The Balaban J connectivity index is 1.66. The number of fused-ring (bicyclic) bond motifs is 2. The van der Waals surface area contributed by atoms with Crippen molar-refractivity contribution in [3.63, 3.8) is 0 Å². The third-order valence-electron chi connectivity index (χ3n) is 4.33. The van der Waals surface area contributed by atoms with E-state index < -0.39 is 0 Å². The summed E-state index contributed by atoms with van der Waals surface area (Å²) >= 11 is 0. The van der Waals surface area contributed by atoms with Crippen LogP contribution < -0.4 is 14.8 Å². The highest BCUT2D eigenvalue weighted by Crippen LogP contribution is 2.32. The highest BCUT2D eigenvalue weighted by Gasteiger charge is 2.18. The van der Waals surface area contributed by atoms with Gasteiger partial charge in [0, 0.05) is 29.8 Å². The van der Waals surface area contributed by atoms with Gasteiger partial charge in [-0.1, -0.05) is 18.2 Å². The summed E-state index contributed by atoms with van der Waals surface area (Å²) in [5, 5.41) is 7.52. The molecule has 4 rings (SSSR count). The number of anilines is 1. The third-order valence-corrected chi connectivity index (χ3v) is 4.33. The fourth-order valence-electron chi connectivity index (χ4n) is 3.11. The molecule has 0 atom stereocenters. The van der Waals surface area contributed by atoms with E-state index in [1.54, 1.807) is 7.11 Å². The summed E-state index contributed by atoms with van der Waals surface area (Å²) in [7, 11) is 1.66. The third kappa shape index (κ3) is 3.01. The van der Waals surface area contributed by atoms with Crippen molar-refractivity contribution < 1.29 is 14.3 Å². The molecule has 26 heavy (non-hydrogen) atoms. The molecule has 0 fully saturated rings. The zero-order valence-corrected chi connectivity index (χ0v) is 14.7. The van der Waals surface area contributed by atoms with Gasteiger partial charge in [0.1, 0.15) is 18.1 Å². The van der Waals surface area contributed by atoms with Gasteiger partial charge in [0.15, 0.2) is 0 Å². The number of carbonyl (C=O) groups is 1. The molecule has 1 N–H and O–H groups in total. The lowest BCUT2D eigenvalue weighted by molar-refractivity contribution is -0.114. The minimum atomic E-state index is -0.104. The van der Waals surface area contributed by atoms with Crippen molar-refractivity contribution in [1.82, 2.24) is 9.78 Å². The van der Waals surface area contributed by atoms with Gasteiger partial charge < -0.3 is 14.8 Å². The normalized spacial score (nSPS) is 12.4. The molecule has 2 aromatic carbocycles. The molecule has 0 aliphatic carbocycles. The van der Waals surface area contributed by atoms with E-state index in [1.165, 1.54) is 6.92 Å². The van der Waals surface area contributed by atoms with Crippen LogP contribution in [0.2, 0.25) is 0 Å². The summed E-state index contributed by atoms with van der Waals surface area (Å²) in [4.78, 5) is 11.2. The van der Waals surface area contributed by atoms with Crippen LogP contribution in [0.15, 0.2) is 48.5 Å². The number of amides is 1. The van der Waals surface area contributed by atoms with E-state index in [0.29, 0.717) is 13.2 Å². The average Bonchev–Trinajstić information content (AvgIpc) is 2.96. The van der Waals surface area contributed by atoms with Crippen LogP contribution in [0, 0.1) is 0 Å². The Labute approximate surface area is 151 Å². The van der Waals surface area contributed by atoms with Gasteiger partial charge in [-0.3, -0.25) is 9.48 Å². The van der Waals surface area contributed by atoms with E-state index in [4.69, 9.17) is 14.6 Å². The minimum Gasteiger partial charge on any atom is -0.496 e. The van der Waals surface area contributed by atoms with Crippen molar-refractivity contribution in [3.8, 4) is 22.8 Å². The monoisotopic (exact) mass is 349 g/mol. The van der Waals surface area contributed by atoms with Crippen LogP contribution in [0.3, 0.4) is 0 Å². The Morgan fingerprint density at radius 3 is 2.88 bits per heavy atom. The molecule has 0 spiro atoms. The van der Waals surface area contributed by atoms with Crippen molar-refractivity contribution in [1.29, 1.82) is 0 Å². The van der Waals surface area contributed by atoms with E-state index in [1.807, 2.05) is 53.2 Å². The molecule has 1 aromatic heterocycles. The molecule has 132 valence electrons. The Hall–Kier alpha value is -3.28. The van der Waals surface area contributed by atoms with E-state index in [9.17, 15) is 4.79 Å². The van der Waals surface area contributed by atoms with E-state index in [2.05, 4.69) is 5.32 Å². The fraction of sp³-hybridized carbons (Fsp3) is 0.200. The molecular weight excluding hydrogens is 330 g/mol. The maximum atomic E-state index is 11.2. The van der Waals surface area contributed by atoms with Gasteiger partial charge in [-0.25, -0.2) is 0 Å². The van der Waals surface area contributed by atoms with Crippen LogP contribution in [0.1, 0.15) is 18.2 Å². The highest BCUT2D eigenvalue weighted by molar-refractivity contribution is 5.88. The number of nitrogens with zero attached hydrogens (tertiary/aromatic N) is 2. The molecule has 6 nitrogen and oxygen atoms in total. The van der Waals surface area contributed by atoms with Crippen LogP contribution >= 0.6 is 0 Å². The Bertz CT molecular complexity index is 978. The molecule has 0 radical (unpaired) electrons. The van der Waals surface area contributed by atoms with Crippen LogP contribution in [-0.4, -0.2) is 22.8 Å². The van der Waals surface area contributed by atoms with Crippen molar-refractivity contribution in [3.05, 3.63) is 59.8 Å². The van der Waals surface area contributed by atoms with Crippen LogP contribution in [0.25, 0.3) is 11.3 Å². The molecule has 6 heteroatoms. The van der Waals surface area contributed by atoms with Gasteiger partial charge in [-0.2, -0.15) is 5.10 Å². The van der Waals surface area contributed by atoms with Gasteiger partial charge in [0.25, 0.3) is 0 Å². The number of hydrogen-bond donors (Lipinski definition) is 1. The first-order chi connectivity index (χ1) is 12.6. The molecule has 1 amide bonds. The van der Waals surface area contributed by atoms with Gasteiger partial charge in [-0.15, -0.1) is 0 Å². The Morgan fingerprint density at radius 1 is 1.23 bits per heavy atom. The number of benzene rings is 2. The average molecular weight is 349 g/mol. The first kappa shape index (κ1) is 16.2. The smallest absolute Gasteiger partial charge is 0.221 e. The van der Waals surface area contributed by atoms with E-state index >= 15 is 0 Å². The zero-order valence-electron chi connectivity index (χ0n) is 14.7. The summed E-state index contributed by atoms with van der Waals surface area (Å²) in [6.45, 7) is 2.51. The predicted octanol–water partition coefficient (Wildman–Crippen LogP) is 3.46. The lowest BCUT2D eigenvalue weighted by Gasteiger charge is -2.10. The predicted molar refractivity (Wildman–Crippen MR) is 98.4 cm³/mol. The van der Waals surface area contributed by atoms with Gasteiger partial charge in [0.05, 0.1) is 25.0 Å². The summed E-state index contributed by atoms with van der Waals surface area (Å²) in [5.41, 5.74) is 4.55. The molecule has 3 aromatic rings. The number of para-hydroxylation sites is 1. The maximum Gasteiger partial charge on any atom is 0.221 e. The lowest BCUT2D eigenvalue weighted by Crippen LogP contribution is -2.06. The zero-order chi connectivity index (χ0) is 18.1.